The number of carbonyl (C=O) groups excluding carboxylic acids is 1. The van der Waals surface area contributed by atoms with Crippen LogP contribution in [0.3, 0.4) is 0 Å². The zero-order valence-electron chi connectivity index (χ0n) is 9.18. The molecule has 1 rings (SSSR count). The Balaban J connectivity index is 3.21. The fourth-order valence-electron chi connectivity index (χ4n) is 1.29. The number of isocyanates is 1. The third-order valence-electron chi connectivity index (χ3n) is 2.15. The van der Waals surface area contributed by atoms with Gasteiger partial charge in [-0.1, -0.05) is 49.1 Å². The number of benzene rings is 1. The van der Waals surface area contributed by atoms with Crippen molar-refractivity contribution in [3.8, 4) is 0 Å². The van der Waals surface area contributed by atoms with Gasteiger partial charge in [0.1, 0.15) is 0 Å². The molecule has 0 aliphatic carbocycles. The number of allylic oxidation sites excluding steroid dienone is 4. The van der Waals surface area contributed by atoms with Crippen molar-refractivity contribution in [3.63, 3.8) is 0 Å². The Labute approximate surface area is 95.3 Å². The number of hydrogen-bond acceptors (Lipinski definition) is 2. The van der Waals surface area contributed by atoms with Crippen molar-refractivity contribution >= 4 is 11.7 Å². The molecule has 0 fully saturated rings. The van der Waals surface area contributed by atoms with E-state index in [1.54, 1.807) is 24.3 Å². The summed E-state index contributed by atoms with van der Waals surface area (Å²) in [6, 6.07) is 9.77. The van der Waals surface area contributed by atoms with E-state index in [1.807, 2.05) is 37.3 Å². The summed E-state index contributed by atoms with van der Waals surface area (Å²) < 4.78 is 0. The molecule has 0 spiro atoms. The van der Waals surface area contributed by atoms with Crippen LogP contribution in [0.4, 0.5) is 0 Å². The van der Waals surface area contributed by atoms with Crippen LogP contribution in [0.2, 0.25) is 0 Å². The number of rotatable bonds is 4. The van der Waals surface area contributed by atoms with E-state index in [0.29, 0.717) is 5.70 Å². The minimum absolute atomic E-state index is 0.598. The third kappa shape index (κ3) is 3.19. The summed E-state index contributed by atoms with van der Waals surface area (Å²) in [5, 5.41) is 0. The smallest absolute Gasteiger partial charge is 0.211 e. The fourth-order valence-corrected chi connectivity index (χ4v) is 1.29. The molecule has 0 bridgehead atoms. The van der Waals surface area contributed by atoms with E-state index in [0.717, 1.165) is 11.1 Å². The molecule has 0 aliphatic heterocycles. The minimum atomic E-state index is 0.598. The highest BCUT2D eigenvalue weighted by atomic mass is 16.1. The standard InChI is InChI=1S/C14H13NO/c1-3-4-10-14(15-11-16)12(2)13-8-6-5-7-9-13/h3-10H,1H2,2H3/b10-4-,14-12-. The lowest BCUT2D eigenvalue weighted by Crippen LogP contribution is -1.83. The topological polar surface area (TPSA) is 29.4 Å². The van der Waals surface area contributed by atoms with Gasteiger partial charge in [0.25, 0.3) is 0 Å². The highest BCUT2D eigenvalue weighted by Gasteiger charge is 2.00. The third-order valence-corrected chi connectivity index (χ3v) is 2.15. The van der Waals surface area contributed by atoms with Gasteiger partial charge < -0.3 is 0 Å². The van der Waals surface area contributed by atoms with E-state index in [9.17, 15) is 4.79 Å². The average molecular weight is 211 g/mol. The van der Waals surface area contributed by atoms with Crippen LogP contribution in [0.25, 0.3) is 5.57 Å². The summed E-state index contributed by atoms with van der Waals surface area (Å²) in [4.78, 5) is 14.0. The van der Waals surface area contributed by atoms with E-state index >= 15 is 0 Å². The van der Waals surface area contributed by atoms with Crippen molar-refractivity contribution in [3.05, 3.63) is 66.4 Å². The van der Waals surface area contributed by atoms with Crippen molar-refractivity contribution in [1.82, 2.24) is 0 Å². The lowest BCUT2D eigenvalue weighted by atomic mass is 10.1. The van der Waals surface area contributed by atoms with E-state index in [-0.39, 0.29) is 0 Å². The molecular formula is C14H13NO. The van der Waals surface area contributed by atoms with Crippen LogP contribution in [-0.4, -0.2) is 6.08 Å². The van der Waals surface area contributed by atoms with E-state index in [4.69, 9.17) is 0 Å². The summed E-state index contributed by atoms with van der Waals surface area (Å²) in [5.41, 5.74) is 2.56. The first kappa shape index (κ1) is 11.9. The summed E-state index contributed by atoms with van der Waals surface area (Å²) in [5.74, 6) is 0. The van der Waals surface area contributed by atoms with E-state index < -0.39 is 0 Å². The lowest BCUT2D eigenvalue weighted by Gasteiger charge is -2.02. The molecule has 0 unspecified atom stereocenters. The second-order valence-corrected chi connectivity index (χ2v) is 3.17. The van der Waals surface area contributed by atoms with Crippen LogP contribution < -0.4 is 0 Å². The van der Waals surface area contributed by atoms with Crippen LogP contribution in [0, 0.1) is 0 Å². The quantitative estimate of drug-likeness (QED) is 0.426. The maximum Gasteiger partial charge on any atom is 0.240 e. The Morgan fingerprint density at radius 1 is 1.38 bits per heavy atom. The summed E-state index contributed by atoms with van der Waals surface area (Å²) in [7, 11) is 0. The molecule has 0 saturated heterocycles. The predicted octanol–water partition coefficient (Wildman–Crippen LogP) is 3.50. The van der Waals surface area contributed by atoms with Gasteiger partial charge in [0.05, 0.1) is 5.70 Å². The molecule has 0 amide bonds. The molecule has 0 aromatic heterocycles. The Bertz CT molecular complexity index is 463. The predicted molar refractivity (Wildman–Crippen MR) is 66.5 cm³/mol. The van der Waals surface area contributed by atoms with Crippen molar-refractivity contribution in [2.24, 2.45) is 4.99 Å². The molecule has 1 aromatic rings. The van der Waals surface area contributed by atoms with Gasteiger partial charge in [-0.05, 0) is 24.1 Å². The maximum absolute atomic E-state index is 10.3. The first-order valence-electron chi connectivity index (χ1n) is 4.93. The zero-order valence-corrected chi connectivity index (χ0v) is 9.18. The lowest BCUT2D eigenvalue weighted by molar-refractivity contribution is 0.565. The summed E-state index contributed by atoms with van der Waals surface area (Å²) in [6.07, 6.45) is 6.67. The minimum Gasteiger partial charge on any atom is -0.211 e. The summed E-state index contributed by atoms with van der Waals surface area (Å²) in [6.45, 7) is 5.49. The molecular weight excluding hydrogens is 198 g/mol. The second kappa shape index (κ2) is 6.33. The molecule has 0 atom stereocenters. The highest BCUT2D eigenvalue weighted by molar-refractivity contribution is 5.70. The Kier molecular flexibility index (Phi) is 4.71. The van der Waals surface area contributed by atoms with Crippen molar-refractivity contribution in [2.75, 3.05) is 0 Å². The summed E-state index contributed by atoms with van der Waals surface area (Å²) >= 11 is 0. The Morgan fingerprint density at radius 3 is 2.62 bits per heavy atom. The number of aliphatic imine (C=N–C) groups is 1. The van der Waals surface area contributed by atoms with Gasteiger partial charge in [0.2, 0.25) is 6.08 Å². The van der Waals surface area contributed by atoms with E-state index in [2.05, 4.69) is 11.6 Å². The molecule has 0 aliphatic rings. The number of hydrogen-bond donors (Lipinski definition) is 0. The monoisotopic (exact) mass is 211 g/mol. The maximum atomic E-state index is 10.3. The largest absolute Gasteiger partial charge is 0.240 e. The second-order valence-electron chi connectivity index (χ2n) is 3.17. The zero-order chi connectivity index (χ0) is 11.8. The van der Waals surface area contributed by atoms with Crippen LogP contribution in [0.15, 0.2) is 65.8 Å². The van der Waals surface area contributed by atoms with Crippen molar-refractivity contribution in [2.45, 2.75) is 6.92 Å². The van der Waals surface area contributed by atoms with Crippen molar-refractivity contribution < 1.29 is 4.79 Å². The highest BCUT2D eigenvalue weighted by Crippen LogP contribution is 2.19. The Morgan fingerprint density at radius 2 is 2.06 bits per heavy atom. The molecule has 1 aromatic carbocycles. The first-order chi connectivity index (χ1) is 7.79. The van der Waals surface area contributed by atoms with Crippen LogP contribution in [0.1, 0.15) is 12.5 Å². The Hall–Kier alpha value is -2.18. The SMILES string of the molecule is C=C/C=C\C(N=C=O)=C(/C)c1ccccc1. The van der Waals surface area contributed by atoms with Crippen LogP contribution in [-0.2, 0) is 4.79 Å². The van der Waals surface area contributed by atoms with Gasteiger partial charge in [-0.15, -0.1) is 0 Å². The molecule has 2 nitrogen and oxygen atoms in total. The average Bonchev–Trinajstić information content (AvgIpc) is 2.35. The fraction of sp³-hybridized carbons (Fsp3) is 0.0714. The first-order valence-corrected chi connectivity index (χ1v) is 4.93. The van der Waals surface area contributed by atoms with Crippen molar-refractivity contribution in [1.29, 1.82) is 0 Å². The number of nitrogens with zero attached hydrogens (tertiary/aromatic N) is 1. The van der Waals surface area contributed by atoms with Gasteiger partial charge in [-0.3, -0.25) is 0 Å². The van der Waals surface area contributed by atoms with Gasteiger partial charge in [0, 0.05) is 0 Å². The van der Waals surface area contributed by atoms with Crippen LogP contribution in [0.5, 0.6) is 0 Å². The molecule has 0 N–H and O–H groups in total. The van der Waals surface area contributed by atoms with Gasteiger partial charge in [-0.25, -0.2) is 4.79 Å². The molecule has 0 heterocycles. The normalized spacial score (nSPS) is 11.8. The molecule has 2 heteroatoms. The molecule has 0 radical (unpaired) electrons. The van der Waals surface area contributed by atoms with Gasteiger partial charge in [0.15, 0.2) is 0 Å². The molecule has 80 valence electrons. The van der Waals surface area contributed by atoms with Crippen LogP contribution >= 0.6 is 0 Å². The van der Waals surface area contributed by atoms with Gasteiger partial charge in [-0.2, -0.15) is 4.99 Å². The molecule has 0 saturated carbocycles. The molecule has 16 heavy (non-hydrogen) atoms. The van der Waals surface area contributed by atoms with Gasteiger partial charge >= 0.3 is 0 Å². The van der Waals surface area contributed by atoms with E-state index in [1.165, 1.54) is 0 Å².